The molecule has 1 saturated carbocycles. The van der Waals surface area contributed by atoms with E-state index in [0.717, 1.165) is 12.1 Å². The van der Waals surface area contributed by atoms with Gasteiger partial charge in [-0.3, -0.25) is 4.79 Å². The number of anilines is 1. The molecule has 15 heavy (non-hydrogen) atoms. The SMILES string of the molecule is Cc1cccc(NC(=O)[C@@H]2C[C@@H]2C)c1C. The first-order chi connectivity index (χ1) is 7.09. The van der Waals surface area contributed by atoms with Crippen molar-refractivity contribution < 1.29 is 4.79 Å². The van der Waals surface area contributed by atoms with Gasteiger partial charge in [-0.25, -0.2) is 0 Å². The van der Waals surface area contributed by atoms with Crippen LogP contribution in [0.4, 0.5) is 5.69 Å². The first kappa shape index (κ1) is 10.2. The smallest absolute Gasteiger partial charge is 0.227 e. The zero-order valence-corrected chi connectivity index (χ0v) is 9.50. The highest BCUT2D eigenvalue weighted by atomic mass is 16.2. The van der Waals surface area contributed by atoms with Crippen LogP contribution < -0.4 is 5.32 Å². The Labute approximate surface area is 90.7 Å². The number of hydrogen-bond donors (Lipinski definition) is 1. The summed E-state index contributed by atoms with van der Waals surface area (Å²) >= 11 is 0. The van der Waals surface area contributed by atoms with Crippen molar-refractivity contribution in [3.05, 3.63) is 29.3 Å². The van der Waals surface area contributed by atoms with Crippen LogP contribution in [0.25, 0.3) is 0 Å². The Balaban J connectivity index is 2.10. The van der Waals surface area contributed by atoms with E-state index in [4.69, 9.17) is 0 Å². The molecule has 1 amide bonds. The Bertz CT molecular complexity index is 398. The number of amides is 1. The van der Waals surface area contributed by atoms with Crippen molar-refractivity contribution in [1.82, 2.24) is 0 Å². The van der Waals surface area contributed by atoms with Gasteiger partial charge in [-0.05, 0) is 43.4 Å². The highest BCUT2D eigenvalue weighted by Gasteiger charge is 2.39. The zero-order chi connectivity index (χ0) is 11.0. The summed E-state index contributed by atoms with van der Waals surface area (Å²) in [6.07, 6.45) is 1.04. The third-order valence-corrected chi connectivity index (χ3v) is 3.31. The third kappa shape index (κ3) is 2.04. The molecule has 0 unspecified atom stereocenters. The number of hydrogen-bond acceptors (Lipinski definition) is 1. The van der Waals surface area contributed by atoms with Crippen molar-refractivity contribution in [2.75, 3.05) is 5.32 Å². The summed E-state index contributed by atoms with van der Waals surface area (Å²) in [5.41, 5.74) is 3.34. The molecule has 1 aromatic carbocycles. The van der Waals surface area contributed by atoms with Gasteiger partial charge in [-0.1, -0.05) is 19.1 Å². The summed E-state index contributed by atoms with van der Waals surface area (Å²) in [5.74, 6) is 0.983. The maximum absolute atomic E-state index is 11.7. The molecule has 80 valence electrons. The number of rotatable bonds is 2. The predicted molar refractivity (Wildman–Crippen MR) is 61.8 cm³/mol. The van der Waals surface area contributed by atoms with Crippen LogP contribution in [-0.2, 0) is 4.79 Å². The Morgan fingerprint density at radius 2 is 2.07 bits per heavy atom. The van der Waals surface area contributed by atoms with Crippen LogP contribution in [-0.4, -0.2) is 5.91 Å². The molecular formula is C13H17NO. The lowest BCUT2D eigenvalue weighted by Crippen LogP contribution is -2.15. The van der Waals surface area contributed by atoms with E-state index in [9.17, 15) is 4.79 Å². The molecular weight excluding hydrogens is 186 g/mol. The largest absolute Gasteiger partial charge is 0.326 e. The minimum absolute atomic E-state index is 0.177. The average Bonchev–Trinajstić information content (AvgIpc) is 2.91. The van der Waals surface area contributed by atoms with Crippen molar-refractivity contribution >= 4 is 11.6 Å². The maximum Gasteiger partial charge on any atom is 0.227 e. The molecule has 0 aliphatic heterocycles. The molecule has 1 aliphatic carbocycles. The summed E-state index contributed by atoms with van der Waals surface area (Å²) in [5, 5.41) is 3.00. The molecule has 1 aliphatic rings. The van der Waals surface area contributed by atoms with Gasteiger partial charge in [-0.15, -0.1) is 0 Å². The second-order valence-electron chi connectivity index (χ2n) is 4.56. The lowest BCUT2D eigenvalue weighted by atomic mass is 10.1. The lowest BCUT2D eigenvalue weighted by molar-refractivity contribution is -0.117. The fraction of sp³-hybridized carbons (Fsp3) is 0.462. The second-order valence-corrected chi connectivity index (χ2v) is 4.56. The van der Waals surface area contributed by atoms with E-state index in [0.29, 0.717) is 5.92 Å². The summed E-state index contributed by atoms with van der Waals surface area (Å²) in [7, 11) is 0. The first-order valence-corrected chi connectivity index (χ1v) is 5.46. The van der Waals surface area contributed by atoms with Gasteiger partial charge in [0.25, 0.3) is 0 Å². The predicted octanol–water partition coefficient (Wildman–Crippen LogP) is 2.90. The highest BCUT2D eigenvalue weighted by Crippen LogP contribution is 2.38. The second kappa shape index (κ2) is 3.69. The summed E-state index contributed by atoms with van der Waals surface area (Å²) < 4.78 is 0. The van der Waals surface area contributed by atoms with Gasteiger partial charge < -0.3 is 5.32 Å². The number of carbonyl (C=O) groups excluding carboxylic acids is 1. The van der Waals surface area contributed by atoms with Crippen molar-refractivity contribution in [2.24, 2.45) is 11.8 Å². The van der Waals surface area contributed by atoms with Crippen LogP contribution in [0.1, 0.15) is 24.5 Å². The summed E-state index contributed by atoms with van der Waals surface area (Å²) in [6.45, 7) is 6.22. The molecule has 0 aromatic heterocycles. The van der Waals surface area contributed by atoms with Crippen LogP contribution in [0.5, 0.6) is 0 Å². The maximum atomic E-state index is 11.7. The van der Waals surface area contributed by atoms with Crippen LogP contribution in [0.2, 0.25) is 0 Å². The van der Waals surface area contributed by atoms with Crippen LogP contribution in [0, 0.1) is 25.7 Å². The molecule has 0 saturated heterocycles. The van der Waals surface area contributed by atoms with E-state index < -0.39 is 0 Å². The molecule has 0 radical (unpaired) electrons. The van der Waals surface area contributed by atoms with E-state index in [-0.39, 0.29) is 11.8 Å². The highest BCUT2D eigenvalue weighted by molar-refractivity contribution is 5.95. The van der Waals surface area contributed by atoms with Crippen molar-refractivity contribution in [3.8, 4) is 0 Å². The molecule has 2 atom stereocenters. The van der Waals surface area contributed by atoms with E-state index >= 15 is 0 Å². The minimum Gasteiger partial charge on any atom is -0.326 e. The molecule has 1 fully saturated rings. The Morgan fingerprint density at radius 1 is 1.40 bits per heavy atom. The molecule has 1 aromatic rings. The quantitative estimate of drug-likeness (QED) is 0.786. The van der Waals surface area contributed by atoms with Crippen molar-refractivity contribution in [2.45, 2.75) is 27.2 Å². The van der Waals surface area contributed by atoms with Crippen molar-refractivity contribution in [3.63, 3.8) is 0 Å². The normalized spacial score (nSPS) is 23.7. The Kier molecular flexibility index (Phi) is 2.51. The van der Waals surface area contributed by atoms with Gasteiger partial charge in [0.15, 0.2) is 0 Å². The van der Waals surface area contributed by atoms with Crippen LogP contribution in [0.3, 0.4) is 0 Å². The van der Waals surface area contributed by atoms with E-state index in [1.165, 1.54) is 11.1 Å². The molecule has 0 spiro atoms. The van der Waals surface area contributed by atoms with E-state index in [1.807, 2.05) is 19.1 Å². The molecule has 0 bridgehead atoms. The fourth-order valence-electron chi connectivity index (χ4n) is 1.80. The van der Waals surface area contributed by atoms with E-state index in [2.05, 4.69) is 25.2 Å². The van der Waals surface area contributed by atoms with Gasteiger partial charge >= 0.3 is 0 Å². The fourth-order valence-corrected chi connectivity index (χ4v) is 1.80. The summed E-state index contributed by atoms with van der Waals surface area (Å²) in [6, 6.07) is 6.01. The molecule has 2 nitrogen and oxygen atoms in total. The Morgan fingerprint density at radius 3 is 2.67 bits per heavy atom. The number of aryl methyl sites for hydroxylation is 1. The third-order valence-electron chi connectivity index (χ3n) is 3.31. The monoisotopic (exact) mass is 203 g/mol. The van der Waals surface area contributed by atoms with Crippen molar-refractivity contribution in [1.29, 1.82) is 0 Å². The van der Waals surface area contributed by atoms with Gasteiger partial charge in [-0.2, -0.15) is 0 Å². The van der Waals surface area contributed by atoms with E-state index in [1.54, 1.807) is 0 Å². The van der Waals surface area contributed by atoms with Gasteiger partial charge in [0.1, 0.15) is 0 Å². The standard InChI is InChI=1S/C13H17NO/c1-8-5-4-6-12(10(8)3)14-13(15)11-7-9(11)2/h4-6,9,11H,7H2,1-3H3,(H,14,15)/t9-,11+/m0/s1. The Hall–Kier alpha value is -1.31. The average molecular weight is 203 g/mol. The van der Waals surface area contributed by atoms with Gasteiger partial charge in [0, 0.05) is 11.6 Å². The lowest BCUT2D eigenvalue weighted by Gasteiger charge is -2.09. The van der Waals surface area contributed by atoms with Crippen LogP contribution >= 0.6 is 0 Å². The number of benzene rings is 1. The van der Waals surface area contributed by atoms with Crippen LogP contribution in [0.15, 0.2) is 18.2 Å². The van der Waals surface area contributed by atoms with Gasteiger partial charge in [0.05, 0.1) is 0 Å². The molecule has 1 N–H and O–H groups in total. The molecule has 2 rings (SSSR count). The van der Waals surface area contributed by atoms with Gasteiger partial charge in [0.2, 0.25) is 5.91 Å². The minimum atomic E-state index is 0.177. The zero-order valence-electron chi connectivity index (χ0n) is 9.50. The summed E-state index contributed by atoms with van der Waals surface area (Å²) in [4.78, 5) is 11.7. The first-order valence-electron chi connectivity index (χ1n) is 5.46. The molecule has 2 heteroatoms. The molecule has 0 heterocycles. The topological polar surface area (TPSA) is 29.1 Å². The number of carbonyl (C=O) groups is 1. The number of nitrogens with one attached hydrogen (secondary N) is 1.